The predicted molar refractivity (Wildman–Crippen MR) is 123 cm³/mol. The van der Waals surface area contributed by atoms with Gasteiger partial charge in [-0.1, -0.05) is 26.8 Å². The zero-order chi connectivity index (χ0) is 25.1. The SMILES string of the molecule is C=CCN(C(=O)C1N([C@@H](CO)CC(C)C)C(=O)[C@@H]2[C@@H](C(=O)O)[C@]3(C)OC12CC3C)C(C)(C)C. The Morgan fingerprint density at radius 2 is 1.97 bits per heavy atom. The van der Waals surface area contributed by atoms with E-state index in [1.807, 2.05) is 41.5 Å². The smallest absolute Gasteiger partial charge is 0.310 e. The van der Waals surface area contributed by atoms with Crippen LogP contribution in [0.4, 0.5) is 0 Å². The Hall–Kier alpha value is -1.93. The first-order chi connectivity index (χ1) is 15.2. The van der Waals surface area contributed by atoms with E-state index in [-0.39, 0.29) is 30.9 Å². The van der Waals surface area contributed by atoms with E-state index in [0.717, 1.165) is 0 Å². The summed E-state index contributed by atoms with van der Waals surface area (Å²) in [5, 5.41) is 20.4. The van der Waals surface area contributed by atoms with Crippen molar-refractivity contribution in [1.82, 2.24) is 9.80 Å². The van der Waals surface area contributed by atoms with Gasteiger partial charge in [-0.3, -0.25) is 14.4 Å². The lowest BCUT2D eigenvalue weighted by Gasteiger charge is -2.43. The van der Waals surface area contributed by atoms with Gasteiger partial charge in [-0.2, -0.15) is 0 Å². The minimum Gasteiger partial charge on any atom is -0.481 e. The highest BCUT2D eigenvalue weighted by Crippen LogP contribution is 2.65. The Morgan fingerprint density at radius 1 is 1.36 bits per heavy atom. The van der Waals surface area contributed by atoms with E-state index in [2.05, 4.69) is 6.58 Å². The van der Waals surface area contributed by atoms with Gasteiger partial charge >= 0.3 is 5.97 Å². The maximum atomic E-state index is 14.2. The summed E-state index contributed by atoms with van der Waals surface area (Å²) in [6.45, 7) is 17.2. The molecule has 3 heterocycles. The van der Waals surface area contributed by atoms with E-state index in [1.165, 1.54) is 4.90 Å². The average molecular weight is 465 g/mol. The monoisotopic (exact) mass is 464 g/mol. The molecule has 0 aromatic heterocycles. The zero-order valence-electron chi connectivity index (χ0n) is 21.0. The van der Waals surface area contributed by atoms with Crippen LogP contribution in [-0.2, 0) is 19.1 Å². The molecule has 2 N–H and O–H groups in total. The quantitative estimate of drug-likeness (QED) is 0.534. The van der Waals surface area contributed by atoms with Crippen molar-refractivity contribution in [1.29, 1.82) is 0 Å². The number of amides is 2. The Labute approximate surface area is 196 Å². The normalized spacial score (nSPS) is 36.3. The summed E-state index contributed by atoms with van der Waals surface area (Å²) >= 11 is 0. The van der Waals surface area contributed by atoms with Crippen LogP contribution in [0.1, 0.15) is 61.3 Å². The van der Waals surface area contributed by atoms with Crippen LogP contribution < -0.4 is 0 Å². The molecule has 3 aliphatic rings. The second-order valence-corrected chi connectivity index (χ2v) is 11.7. The number of nitrogens with zero attached hydrogens (tertiary/aromatic N) is 2. The van der Waals surface area contributed by atoms with Crippen molar-refractivity contribution in [2.75, 3.05) is 13.2 Å². The van der Waals surface area contributed by atoms with Gasteiger partial charge in [-0.25, -0.2) is 0 Å². The highest BCUT2D eigenvalue weighted by molar-refractivity contribution is 5.98. The maximum Gasteiger partial charge on any atom is 0.310 e. The van der Waals surface area contributed by atoms with Crippen molar-refractivity contribution >= 4 is 17.8 Å². The largest absolute Gasteiger partial charge is 0.481 e. The van der Waals surface area contributed by atoms with Gasteiger partial charge in [-0.05, 0) is 52.4 Å². The number of hydrogen-bond acceptors (Lipinski definition) is 5. The van der Waals surface area contributed by atoms with Crippen molar-refractivity contribution in [2.45, 2.75) is 90.1 Å². The second-order valence-electron chi connectivity index (χ2n) is 11.7. The van der Waals surface area contributed by atoms with Gasteiger partial charge in [0, 0.05) is 12.1 Å². The highest BCUT2D eigenvalue weighted by Gasteiger charge is 2.80. The molecule has 0 aromatic carbocycles. The minimum atomic E-state index is -1.24. The van der Waals surface area contributed by atoms with E-state index in [0.29, 0.717) is 12.8 Å². The Kier molecular flexibility index (Phi) is 6.52. The van der Waals surface area contributed by atoms with Gasteiger partial charge in [0.1, 0.15) is 17.6 Å². The summed E-state index contributed by atoms with van der Waals surface area (Å²) < 4.78 is 6.53. The summed E-state index contributed by atoms with van der Waals surface area (Å²) in [5.41, 5.74) is -2.82. The molecule has 2 amide bonds. The molecule has 0 saturated carbocycles. The van der Waals surface area contributed by atoms with E-state index in [4.69, 9.17) is 4.74 Å². The van der Waals surface area contributed by atoms with Crippen LogP contribution in [0, 0.1) is 23.7 Å². The van der Waals surface area contributed by atoms with Crippen LogP contribution in [-0.4, -0.2) is 79.8 Å². The second kappa shape index (κ2) is 8.38. The van der Waals surface area contributed by atoms with Crippen LogP contribution in [0.3, 0.4) is 0 Å². The number of carboxylic acid groups (broad SMARTS) is 1. The molecule has 2 bridgehead atoms. The molecule has 3 fully saturated rings. The van der Waals surface area contributed by atoms with Crippen molar-refractivity contribution in [3.05, 3.63) is 12.7 Å². The van der Waals surface area contributed by atoms with Crippen molar-refractivity contribution < 1.29 is 29.3 Å². The molecular weight excluding hydrogens is 424 g/mol. The molecule has 3 saturated heterocycles. The Balaban J connectivity index is 2.21. The molecular formula is C25H40N2O6. The number of fused-ring (bicyclic) bond motifs is 1. The molecule has 186 valence electrons. The van der Waals surface area contributed by atoms with Crippen molar-refractivity contribution in [2.24, 2.45) is 23.7 Å². The number of carbonyl (C=O) groups excluding carboxylic acids is 2. The fourth-order valence-electron chi connectivity index (χ4n) is 6.52. The number of carboxylic acids is 1. The molecule has 3 unspecified atom stereocenters. The lowest BCUT2D eigenvalue weighted by atomic mass is 9.62. The van der Waals surface area contributed by atoms with Gasteiger partial charge in [0.05, 0.1) is 24.2 Å². The van der Waals surface area contributed by atoms with Crippen LogP contribution in [0.25, 0.3) is 0 Å². The molecule has 0 radical (unpaired) electrons. The van der Waals surface area contributed by atoms with Gasteiger partial charge in [0.25, 0.3) is 0 Å². The number of carbonyl (C=O) groups is 3. The standard InChI is InChI=1S/C25H40N2O6/c1-9-10-26(23(5,6)7)21(30)19-25-12-15(4)24(8,33-25)18(22(31)32)17(25)20(29)27(19)16(13-28)11-14(2)3/h9,14-19,28H,1,10-13H2,2-8H3,(H,31,32)/t15?,16-,17+,18+,19?,24-,25?/m1/s1. The number of aliphatic carboxylic acids is 1. The van der Waals surface area contributed by atoms with Crippen molar-refractivity contribution in [3.63, 3.8) is 0 Å². The van der Waals surface area contributed by atoms with E-state index in [9.17, 15) is 24.6 Å². The molecule has 1 spiro atoms. The Bertz CT molecular complexity index is 835. The Morgan fingerprint density at radius 3 is 2.42 bits per heavy atom. The molecule has 8 nitrogen and oxygen atoms in total. The first-order valence-electron chi connectivity index (χ1n) is 12.0. The topological polar surface area (TPSA) is 107 Å². The van der Waals surface area contributed by atoms with Crippen LogP contribution in [0.5, 0.6) is 0 Å². The van der Waals surface area contributed by atoms with Crippen molar-refractivity contribution in [3.8, 4) is 0 Å². The minimum absolute atomic E-state index is 0.141. The number of ether oxygens (including phenoxy) is 1. The summed E-state index contributed by atoms with van der Waals surface area (Å²) in [5.74, 6) is -3.75. The first kappa shape index (κ1) is 25.7. The molecule has 7 atom stereocenters. The molecule has 3 aliphatic heterocycles. The first-order valence-corrected chi connectivity index (χ1v) is 12.0. The summed E-state index contributed by atoms with van der Waals surface area (Å²) in [6.07, 6.45) is 2.56. The van der Waals surface area contributed by atoms with E-state index in [1.54, 1.807) is 17.9 Å². The third kappa shape index (κ3) is 3.70. The number of aliphatic hydroxyl groups is 1. The van der Waals surface area contributed by atoms with Crippen LogP contribution in [0.15, 0.2) is 12.7 Å². The lowest BCUT2D eigenvalue weighted by Crippen LogP contribution is -2.61. The summed E-state index contributed by atoms with van der Waals surface area (Å²) in [7, 11) is 0. The zero-order valence-corrected chi connectivity index (χ0v) is 21.0. The number of likely N-dealkylation sites (tertiary alicyclic amines) is 1. The predicted octanol–water partition coefficient (Wildman–Crippen LogP) is 2.30. The van der Waals surface area contributed by atoms with Gasteiger partial charge in [-0.15, -0.1) is 6.58 Å². The third-order valence-electron chi connectivity index (χ3n) is 7.99. The van der Waals surface area contributed by atoms with Crippen LogP contribution >= 0.6 is 0 Å². The molecule has 0 aromatic rings. The third-order valence-corrected chi connectivity index (χ3v) is 7.99. The molecule has 8 heteroatoms. The van der Waals surface area contributed by atoms with Gasteiger partial charge in [0.15, 0.2) is 0 Å². The van der Waals surface area contributed by atoms with Gasteiger partial charge < -0.3 is 24.7 Å². The average Bonchev–Trinajstić information content (AvgIpc) is 3.19. The number of aliphatic hydroxyl groups excluding tert-OH is 1. The maximum absolute atomic E-state index is 14.2. The van der Waals surface area contributed by atoms with Gasteiger partial charge in [0.2, 0.25) is 11.8 Å². The molecule has 0 aliphatic carbocycles. The number of rotatable bonds is 8. The fourth-order valence-corrected chi connectivity index (χ4v) is 6.52. The summed E-state index contributed by atoms with van der Waals surface area (Å²) in [6, 6.07) is -1.60. The fraction of sp³-hybridized carbons (Fsp3) is 0.800. The number of hydrogen-bond donors (Lipinski definition) is 2. The molecule has 3 rings (SSSR count). The summed E-state index contributed by atoms with van der Waals surface area (Å²) in [4.78, 5) is 43.7. The lowest BCUT2D eigenvalue weighted by molar-refractivity contribution is -0.162. The highest BCUT2D eigenvalue weighted by atomic mass is 16.5. The molecule has 33 heavy (non-hydrogen) atoms. The van der Waals surface area contributed by atoms with E-state index >= 15 is 0 Å². The van der Waals surface area contributed by atoms with E-state index < -0.39 is 52.5 Å². The van der Waals surface area contributed by atoms with Crippen LogP contribution in [0.2, 0.25) is 0 Å².